The predicted molar refractivity (Wildman–Crippen MR) is 67.1 cm³/mol. The summed E-state index contributed by atoms with van der Waals surface area (Å²) >= 11 is 0. The van der Waals surface area contributed by atoms with Gasteiger partial charge in [-0.2, -0.15) is 0 Å². The largest absolute Gasteiger partial charge is 0.388 e. The zero-order valence-electron chi connectivity index (χ0n) is 10.3. The summed E-state index contributed by atoms with van der Waals surface area (Å²) in [5.74, 6) is -0.471. The van der Waals surface area contributed by atoms with Gasteiger partial charge in [-0.1, -0.05) is 0 Å². The lowest BCUT2D eigenvalue weighted by Gasteiger charge is -2.08. The Balaban J connectivity index is 2.69. The van der Waals surface area contributed by atoms with E-state index in [1.54, 1.807) is 12.1 Å². The quantitative estimate of drug-likeness (QED) is 0.712. The summed E-state index contributed by atoms with van der Waals surface area (Å²) in [6.07, 6.45) is 0. The summed E-state index contributed by atoms with van der Waals surface area (Å²) in [6, 6.07) is 5.34. The summed E-state index contributed by atoms with van der Waals surface area (Å²) in [5.41, 5.74) is 2.51. The van der Waals surface area contributed by atoms with Crippen molar-refractivity contribution < 1.29 is 9.59 Å². The van der Waals surface area contributed by atoms with Crippen LogP contribution >= 0.6 is 0 Å². The van der Waals surface area contributed by atoms with E-state index < -0.39 is 0 Å². The minimum atomic E-state index is -0.251. The lowest BCUT2D eigenvalue weighted by Crippen LogP contribution is -2.35. The van der Waals surface area contributed by atoms with Gasteiger partial charge in [-0.05, 0) is 30.7 Å². The van der Waals surface area contributed by atoms with Crippen molar-refractivity contribution in [2.45, 2.75) is 6.92 Å². The van der Waals surface area contributed by atoms with Crippen LogP contribution in [0.15, 0.2) is 18.2 Å². The molecule has 17 heavy (non-hydrogen) atoms. The Morgan fingerprint density at radius 1 is 1.24 bits per heavy atom. The Labute approximate surface area is 101 Å². The van der Waals surface area contributed by atoms with Crippen LogP contribution in [-0.2, 0) is 4.79 Å². The zero-order valence-corrected chi connectivity index (χ0v) is 10.3. The van der Waals surface area contributed by atoms with Crippen LogP contribution in [0.3, 0.4) is 0 Å². The Bertz CT molecular complexity index is 430. The third-order valence-electron chi connectivity index (χ3n) is 2.45. The highest BCUT2D eigenvalue weighted by molar-refractivity contribution is 5.97. The average Bonchev–Trinajstić information content (AvgIpc) is 2.35. The van der Waals surface area contributed by atoms with Crippen molar-refractivity contribution in [2.24, 2.45) is 0 Å². The van der Waals surface area contributed by atoms with Gasteiger partial charge in [-0.15, -0.1) is 0 Å². The molecule has 0 aliphatic carbocycles. The van der Waals surface area contributed by atoms with Crippen LogP contribution in [0.4, 0.5) is 5.69 Å². The fourth-order valence-electron chi connectivity index (χ4n) is 1.44. The number of amides is 2. The molecule has 1 aromatic rings. The lowest BCUT2D eigenvalue weighted by atomic mass is 10.1. The molecule has 5 nitrogen and oxygen atoms in total. The van der Waals surface area contributed by atoms with Gasteiger partial charge in [0.05, 0.1) is 6.54 Å². The van der Waals surface area contributed by atoms with Gasteiger partial charge in [-0.25, -0.2) is 0 Å². The highest BCUT2D eigenvalue weighted by Crippen LogP contribution is 2.15. The fraction of sp³-hybridized carbons (Fsp3) is 0.333. The molecule has 0 aliphatic heterocycles. The first-order chi connectivity index (χ1) is 8.08. The number of benzene rings is 1. The molecule has 5 heteroatoms. The summed E-state index contributed by atoms with van der Waals surface area (Å²) < 4.78 is 0. The smallest absolute Gasteiger partial charge is 0.251 e. The first-order valence-corrected chi connectivity index (χ1v) is 5.35. The molecule has 0 aromatic heterocycles. The number of nitrogens with one attached hydrogen (secondary N) is 3. The SMILES string of the molecule is CNC(=O)CNC(=O)c1ccc(NC)c(C)c1. The maximum atomic E-state index is 11.7. The molecule has 0 aliphatic rings. The molecule has 0 saturated carbocycles. The molecule has 0 bridgehead atoms. The van der Waals surface area contributed by atoms with E-state index >= 15 is 0 Å². The van der Waals surface area contributed by atoms with Gasteiger partial charge < -0.3 is 16.0 Å². The van der Waals surface area contributed by atoms with Crippen molar-refractivity contribution in [3.05, 3.63) is 29.3 Å². The Morgan fingerprint density at radius 2 is 1.94 bits per heavy atom. The second kappa shape index (κ2) is 5.89. The molecule has 0 fully saturated rings. The van der Waals surface area contributed by atoms with E-state index in [0.29, 0.717) is 5.56 Å². The van der Waals surface area contributed by atoms with Crippen molar-refractivity contribution >= 4 is 17.5 Å². The summed E-state index contributed by atoms with van der Waals surface area (Å²) in [7, 11) is 3.36. The van der Waals surface area contributed by atoms with Crippen molar-refractivity contribution in [3.63, 3.8) is 0 Å². The minimum absolute atomic E-state index is 0.0117. The Kier molecular flexibility index (Phi) is 4.51. The number of hydrogen-bond acceptors (Lipinski definition) is 3. The molecule has 1 rings (SSSR count). The minimum Gasteiger partial charge on any atom is -0.388 e. The second-order valence-corrected chi connectivity index (χ2v) is 3.64. The summed E-state index contributed by atoms with van der Waals surface area (Å²) in [4.78, 5) is 22.7. The maximum Gasteiger partial charge on any atom is 0.251 e. The van der Waals surface area contributed by atoms with Crippen LogP contribution in [0.1, 0.15) is 15.9 Å². The van der Waals surface area contributed by atoms with Gasteiger partial charge in [0.2, 0.25) is 5.91 Å². The average molecular weight is 235 g/mol. The molecule has 0 heterocycles. The van der Waals surface area contributed by atoms with E-state index in [2.05, 4.69) is 16.0 Å². The van der Waals surface area contributed by atoms with Crippen molar-refractivity contribution in [2.75, 3.05) is 26.0 Å². The van der Waals surface area contributed by atoms with E-state index in [0.717, 1.165) is 11.3 Å². The Morgan fingerprint density at radius 3 is 2.47 bits per heavy atom. The highest BCUT2D eigenvalue weighted by atomic mass is 16.2. The topological polar surface area (TPSA) is 70.2 Å². The van der Waals surface area contributed by atoms with Crippen LogP contribution in [0.25, 0.3) is 0 Å². The molecular formula is C12H17N3O2. The van der Waals surface area contributed by atoms with Crippen molar-refractivity contribution in [3.8, 4) is 0 Å². The number of anilines is 1. The van der Waals surface area contributed by atoms with Crippen LogP contribution < -0.4 is 16.0 Å². The van der Waals surface area contributed by atoms with Gasteiger partial charge in [0.15, 0.2) is 0 Å². The normalized spacial score (nSPS) is 9.59. The Hall–Kier alpha value is -2.04. The molecule has 92 valence electrons. The third-order valence-corrected chi connectivity index (χ3v) is 2.45. The molecule has 0 saturated heterocycles. The molecule has 0 atom stereocenters. The van der Waals surface area contributed by atoms with Crippen molar-refractivity contribution in [1.82, 2.24) is 10.6 Å². The molecule has 0 unspecified atom stereocenters. The monoisotopic (exact) mass is 235 g/mol. The van der Waals surface area contributed by atoms with Gasteiger partial charge in [0.1, 0.15) is 0 Å². The molecule has 0 radical (unpaired) electrons. The summed E-state index contributed by atoms with van der Waals surface area (Å²) in [6.45, 7) is 1.91. The number of likely N-dealkylation sites (N-methyl/N-ethyl adjacent to an activating group) is 1. The molecule has 3 N–H and O–H groups in total. The predicted octanol–water partition coefficient (Wildman–Crippen LogP) is 0.513. The van der Waals surface area contributed by atoms with Crippen LogP contribution in [0.2, 0.25) is 0 Å². The van der Waals surface area contributed by atoms with Crippen LogP contribution in [0.5, 0.6) is 0 Å². The highest BCUT2D eigenvalue weighted by Gasteiger charge is 2.08. The third kappa shape index (κ3) is 3.48. The standard InChI is InChI=1S/C12H17N3O2/c1-8-6-9(4-5-10(8)13-2)12(17)15-7-11(16)14-3/h4-6,13H,7H2,1-3H3,(H,14,16)(H,15,17). The molecule has 2 amide bonds. The van der Waals surface area contributed by atoms with E-state index in [-0.39, 0.29) is 18.4 Å². The molecule has 0 spiro atoms. The van der Waals surface area contributed by atoms with Gasteiger partial charge >= 0.3 is 0 Å². The summed E-state index contributed by atoms with van der Waals surface area (Å²) in [5, 5.41) is 8.01. The number of carbonyl (C=O) groups is 2. The molecule has 1 aromatic carbocycles. The number of carbonyl (C=O) groups excluding carboxylic acids is 2. The lowest BCUT2D eigenvalue weighted by molar-refractivity contribution is -0.119. The van der Waals surface area contributed by atoms with Gasteiger partial charge in [0, 0.05) is 25.3 Å². The zero-order chi connectivity index (χ0) is 12.8. The maximum absolute atomic E-state index is 11.7. The van der Waals surface area contributed by atoms with E-state index in [9.17, 15) is 9.59 Å². The first-order valence-electron chi connectivity index (χ1n) is 5.35. The van der Waals surface area contributed by atoms with Gasteiger partial charge in [0.25, 0.3) is 5.91 Å². The van der Waals surface area contributed by atoms with Crippen LogP contribution in [-0.4, -0.2) is 32.5 Å². The number of hydrogen-bond donors (Lipinski definition) is 3. The van der Waals surface area contributed by atoms with E-state index in [4.69, 9.17) is 0 Å². The van der Waals surface area contributed by atoms with Gasteiger partial charge in [-0.3, -0.25) is 9.59 Å². The number of rotatable bonds is 4. The van der Waals surface area contributed by atoms with E-state index in [1.165, 1.54) is 7.05 Å². The first kappa shape index (κ1) is 13.0. The molecular weight excluding hydrogens is 218 g/mol. The fourth-order valence-corrected chi connectivity index (χ4v) is 1.44. The number of aryl methyl sites for hydroxylation is 1. The van der Waals surface area contributed by atoms with Crippen LogP contribution in [0, 0.1) is 6.92 Å². The second-order valence-electron chi connectivity index (χ2n) is 3.64. The van der Waals surface area contributed by atoms with E-state index in [1.807, 2.05) is 20.0 Å². The van der Waals surface area contributed by atoms with Crippen molar-refractivity contribution in [1.29, 1.82) is 0 Å².